The molecular formula is C15H9F3N2O. The molecule has 0 aliphatic heterocycles. The van der Waals surface area contributed by atoms with E-state index in [0.717, 1.165) is 12.1 Å². The fourth-order valence-electron chi connectivity index (χ4n) is 1.67. The van der Waals surface area contributed by atoms with Crippen LogP contribution in [0, 0.1) is 11.3 Å². The zero-order valence-corrected chi connectivity index (χ0v) is 10.6. The molecular weight excluding hydrogens is 281 g/mol. The lowest BCUT2D eigenvalue weighted by molar-refractivity contribution is -0.137. The number of phenols is 1. The largest absolute Gasteiger partial charge is 0.508 e. The predicted molar refractivity (Wildman–Crippen MR) is 70.8 cm³/mol. The molecule has 0 bridgehead atoms. The monoisotopic (exact) mass is 290 g/mol. The second-order valence-corrected chi connectivity index (χ2v) is 4.19. The Kier molecular flexibility index (Phi) is 3.94. The summed E-state index contributed by atoms with van der Waals surface area (Å²) in [4.78, 5) is 3.66. The molecule has 0 amide bonds. The first kappa shape index (κ1) is 14.6. The molecule has 106 valence electrons. The van der Waals surface area contributed by atoms with Gasteiger partial charge in [-0.25, -0.2) is 0 Å². The van der Waals surface area contributed by atoms with Gasteiger partial charge in [-0.2, -0.15) is 18.4 Å². The number of alkyl halides is 3. The number of nitriles is 1. The Bertz CT molecular complexity index is 713. The zero-order valence-electron chi connectivity index (χ0n) is 10.6. The molecule has 2 rings (SSSR count). The van der Waals surface area contributed by atoms with Crippen LogP contribution in [0.2, 0.25) is 0 Å². The average molecular weight is 290 g/mol. The fraction of sp³-hybridized carbons (Fsp3) is 0.0667. The van der Waals surface area contributed by atoms with Gasteiger partial charge in [0.05, 0.1) is 16.8 Å². The van der Waals surface area contributed by atoms with Gasteiger partial charge in [-0.05, 0) is 35.9 Å². The minimum Gasteiger partial charge on any atom is -0.508 e. The van der Waals surface area contributed by atoms with E-state index in [1.54, 1.807) is 12.1 Å². The summed E-state index contributed by atoms with van der Waals surface area (Å²) in [6.07, 6.45) is -2.34. The number of phenolic OH excluding ortho intramolecular Hbond substituents is 1. The van der Waals surface area contributed by atoms with Crippen molar-refractivity contribution in [2.24, 2.45) is 0 Å². The van der Waals surface area contributed by atoms with E-state index in [0.29, 0.717) is 11.8 Å². The van der Waals surface area contributed by atoms with Crippen LogP contribution in [0.25, 0.3) is 11.6 Å². The molecule has 3 nitrogen and oxygen atoms in total. The van der Waals surface area contributed by atoms with Gasteiger partial charge >= 0.3 is 6.18 Å². The van der Waals surface area contributed by atoms with E-state index < -0.39 is 11.7 Å². The molecule has 0 aliphatic rings. The maximum Gasteiger partial charge on any atom is 0.417 e. The minimum absolute atomic E-state index is 0.0291. The summed E-state index contributed by atoms with van der Waals surface area (Å²) in [5.41, 5.74) is -0.0858. The Morgan fingerprint density at radius 2 is 2.00 bits per heavy atom. The van der Waals surface area contributed by atoms with Gasteiger partial charge in [0.15, 0.2) is 0 Å². The molecule has 1 aromatic carbocycles. The summed E-state index contributed by atoms with van der Waals surface area (Å²) in [5, 5.41) is 18.4. The summed E-state index contributed by atoms with van der Waals surface area (Å²) in [6.45, 7) is 0. The molecule has 1 heterocycles. The maximum absolute atomic E-state index is 12.4. The van der Waals surface area contributed by atoms with Crippen LogP contribution in [0.15, 0.2) is 42.6 Å². The van der Waals surface area contributed by atoms with Crippen molar-refractivity contribution in [3.05, 3.63) is 59.4 Å². The number of nitrogens with zero attached hydrogens (tertiary/aromatic N) is 2. The fourth-order valence-corrected chi connectivity index (χ4v) is 1.67. The molecule has 0 radical (unpaired) electrons. The van der Waals surface area contributed by atoms with E-state index in [2.05, 4.69) is 4.98 Å². The van der Waals surface area contributed by atoms with Crippen molar-refractivity contribution in [1.29, 1.82) is 5.26 Å². The average Bonchev–Trinajstić information content (AvgIpc) is 2.44. The van der Waals surface area contributed by atoms with Crippen LogP contribution in [-0.4, -0.2) is 10.1 Å². The van der Waals surface area contributed by atoms with Crippen LogP contribution in [0.4, 0.5) is 13.2 Å². The van der Waals surface area contributed by atoms with Crippen molar-refractivity contribution in [2.75, 3.05) is 0 Å². The van der Waals surface area contributed by atoms with Gasteiger partial charge in [0, 0.05) is 6.20 Å². The highest BCUT2D eigenvalue weighted by Gasteiger charge is 2.30. The number of aromatic nitrogens is 1. The third kappa shape index (κ3) is 3.60. The van der Waals surface area contributed by atoms with Crippen LogP contribution < -0.4 is 0 Å². The molecule has 0 unspecified atom stereocenters. The van der Waals surface area contributed by atoms with E-state index in [-0.39, 0.29) is 17.0 Å². The van der Waals surface area contributed by atoms with Crippen molar-refractivity contribution in [1.82, 2.24) is 4.98 Å². The summed E-state index contributed by atoms with van der Waals surface area (Å²) >= 11 is 0. The van der Waals surface area contributed by atoms with Gasteiger partial charge in [-0.1, -0.05) is 12.1 Å². The standard InChI is InChI=1S/C15H9F3N2O/c16-15(17,18)12-4-5-14(20-9-12)11(8-19)6-10-2-1-3-13(21)7-10/h1-7,9,21H/b11-6+. The van der Waals surface area contributed by atoms with E-state index in [4.69, 9.17) is 5.26 Å². The number of hydrogen-bond donors (Lipinski definition) is 1. The molecule has 1 N–H and O–H groups in total. The van der Waals surface area contributed by atoms with Crippen molar-refractivity contribution < 1.29 is 18.3 Å². The number of rotatable bonds is 2. The van der Waals surface area contributed by atoms with Gasteiger partial charge in [0.1, 0.15) is 11.8 Å². The Morgan fingerprint density at radius 1 is 1.24 bits per heavy atom. The summed E-state index contributed by atoms with van der Waals surface area (Å²) in [5.74, 6) is 0.0291. The number of aromatic hydroxyl groups is 1. The van der Waals surface area contributed by atoms with Crippen molar-refractivity contribution in [3.8, 4) is 11.8 Å². The highest BCUT2D eigenvalue weighted by molar-refractivity contribution is 5.88. The van der Waals surface area contributed by atoms with Gasteiger partial charge in [-0.3, -0.25) is 4.98 Å². The lowest BCUT2D eigenvalue weighted by Gasteiger charge is -2.06. The van der Waals surface area contributed by atoms with Crippen LogP contribution in [0.1, 0.15) is 16.8 Å². The molecule has 0 atom stereocenters. The zero-order chi connectivity index (χ0) is 15.5. The molecule has 0 aliphatic carbocycles. The summed E-state index contributed by atoms with van der Waals surface area (Å²) in [6, 6.07) is 10.0. The minimum atomic E-state index is -4.47. The Labute approximate surface area is 118 Å². The van der Waals surface area contributed by atoms with E-state index in [1.807, 2.05) is 6.07 Å². The second-order valence-electron chi connectivity index (χ2n) is 4.19. The molecule has 21 heavy (non-hydrogen) atoms. The number of hydrogen-bond acceptors (Lipinski definition) is 3. The van der Waals surface area contributed by atoms with Gasteiger partial charge in [-0.15, -0.1) is 0 Å². The van der Waals surface area contributed by atoms with Crippen LogP contribution >= 0.6 is 0 Å². The van der Waals surface area contributed by atoms with E-state index >= 15 is 0 Å². The van der Waals surface area contributed by atoms with Gasteiger partial charge < -0.3 is 5.11 Å². The van der Waals surface area contributed by atoms with Crippen LogP contribution in [0.5, 0.6) is 5.75 Å². The highest BCUT2D eigenvalue weighted by Crippen LogP contribution is 2.29. The van der Waals surface area contributed by atoms with Crippen LogP contribution in [-0.2, 0) is 6.18 Å². The maximum atomic E-state index is 12.4. The highest BCUT2D eigenvalue weighted by atomic mass is 19.4. The molecule has 2 aromatic rings. The molecule has 0 saturated carbocycles. The summed E-state index contributed by atoms with van der Waals surface area (Å²) < 4.78 is 37.3. The topological polar surface area (TPSA) is 56.9 Å². The first-order valence-electron chi connectivity index (χ1n) is 5.84. The van der Waals surface area contributed by atoms with E-state index in [9.17, 15) is 18.3 Å². The lowest BCUT2D eigenvalue weighted by Crippen LogP contribution is -2.05. The molecule has 0 spiro atoms. The smallest absolute Gasteiger partial charge is 0.417 e. The van der Waals surface area contributed by atoms with Gasteiger partial charge in [0.25, 0.3) is 0 Å². The third-order valence-electron chi connectivity index (χ3n) is 2.67. The number of allylic oxidation sites excluding steroid dienone is 1. The number of pyridine rings is 1. The van der Waals surface area contributed by atoms with E-state index in [1.165, 1.54) is 18.2 Å². The Morgan fingerprint density at radius 3 is 2.52 bits per heavy atom. The second kappa shape index (κ2) is 5.67. The molecule has 0 saturated heterocycles. The SMILES string of the molecule is N#C/C(=C\c1cccc(O)c1)c1ccc(C(F)(F)F)cn1. The first-order chi connectivity index (χ1) is 9.90. The van der Waals surface area contributed by atoms with Crippen molar-refractivity contribution in [2.45, 2.75) is 6.18 Å². The number of benzene rings is 1. The number of halogens is 3. The quantitative estimate of drug-likeness (QED) is 0.854. The van der Waals surface area contributed by atoms with Gasteiger partial charge in [0.2, 0.25) is 0 Å². The predicted octanol–water partition coefficient (Wildman–Crippen LogP) is 3.87. The Balaban J connectivity index is 2.36. The molecule has 1 aromatic heterocycles. The van der Waals surface area contributed by atoms with Crippen molar-refractivity contribution in [3.63, 3.8) is 0 Å². The van der Waals surface area contributed by atoms with Crippen molar-refractivity contribution >= 4 is 11.6 Å². The van der Waals surface area contributed by atoms with Crippen LogP contribution in [0.3, 0.4) is 0 Å². The molecule has 6 heteroatoms. The lowest BCUT2D eigenvalue weighted by atomic mass is 10.1. The molecule has 0 fully saturated rings. The summed E-state index contributed by atoms with van der Waals surface area (Å²) in [7, 11) is 0. The first-order valence-corrected chi connectivity index (χ1v) is 5.84. The normalized spacial score (nSPS) is 12.0. The Hall–Kier alpha value is -2.81. The third-order valence-corrected chi connectivity index (χ3v) is 2.67.